The third-order valence-corrected chi connectivity index (χ3v) is 3.71. The van der Waals surface area contributed by atoms with Crippen LogP contribution in [0.3, 0.4) is 0 Å². The van der Waals surface area contributed by atoms with E-state index in [9.17, 15) is 9.59 Å². The van der Waals surface area contributed by atoms with Crippen LogP contribution in [0.15, 0.2) is 0 Å². The molecule has 0 radical (unpaired) electrons. The van der Waals surface area contributed by atoms with Gasteiger partial charge in [-0.3, -0.25) is 9.69 Å². The Morgan fingerprint density at radius 3 is 2.47 bits per heavy atom. The fourth-order valence-corrected chi connectivity index (χ4v) is 2.21. The largest absolute Gasteiger partial charge is 0.379 e. The van der Waals surface area contributed by atoms with Crippen LogP contribution >= 0.6 is 0 Å². The lowest BCUT2D eigenvalue weighted by Gasteiger charge is -2.27. The van der Waals surface area contributed by atoms with E-state index in [4.69, 9.17) is 4.74 Å². The van der Waals surface area contributed by atoms with Gasteiger partial charge in [0.15, 0.2) is 0 Å². The molecule has 1 amide bonds. The van der Waals surface area contributed by atoms with Crippen molar-refractivity contribution in [1.29, 1.82) is 0 Å². The molecule has 19 heavy (non-hydrogen) atoms. The average molecular weight is 270 g/mol. The van der Waals surface area contributed by atoms with Crippen LogP contribution in [0.25, 0.3) is 0 Å². The normalized spacial score (nSPS) is 19.7. The van der Waals surface area contributed by atoms with Crippen LogP contribution in [-0.2, 0) is 14.3 Å². The summed E-state index contributed by atoms with van der Waals surface area (Å²) in [5, 5.41) is 2.95. The number of nitrogens with one attached hydrogen (secondary N) is 1. The second kappa shape index (κ2) is 8.27. The summed E-state index contributed by atoms with van der Waals surface area (Å²) in [7, 11) is 0. The maximum Gasteiger partial charge on any atom is 0.223 e. The predicted molar refractivity (Wildman–Crippen MR) is 73.9 cm³/mol. The number of hydrogen-bond donors (Lipinski definition) is 1. The third kappa shape index (κ3) is 6.16. The van der Waals surface area contributed by atoms with Gasteiger partial charge in [0.25, 0.3) is 0 Å². The van der Waals surface area contributed by atoms with E-state index in [1.54, 1.807) is 6.92 Å². The van der Waals surface area contributed by atoms with E-state index in [0.29, 0.717) is 13.0 Å². The van der Waals surface area contributed by atoms with Crippen LogP contribution in [0.5, 0.6) is 0 Å². The van der Waals surface area contributed by atoms with E-state index in [0.717, 1.165) is 32.8 Å². The Kier molecular flexibility index (Phi) is 7.02. The molecule has 1 aliphatic rings. The molecule has 1 heterocycles. The van der Waals surface area contributed by atoms with Crippen molar-refractivity contribution in [2.45, 2.75) is 27.2 Å². The zero-order chi connectivity index (χ0) is 14.3. The second-order valence-corrected chi connectivity index (χ2v) is 5.42. The average Bonchev–Trinajstić information content (AvgIpc) is 2.38. The van der Waals surface area contributed by atoms with E-state index < -0.39 is 0 Å². The lowest BCUT2D eigenvalue weighted by Crippen LogP contribution is -2.42. The minimum Gasteiger partial charge on any atom is -0.379 e. The van der Waals surface area contributed by atoms with E-state index in [1.165, 1.54) is 0 Å². The first-order chi connectivity index (χ1) is 9.00. The van der Waals surface area contributed by atoms with Gasteiger partial charge in [-0.05, 0) is 12.8 Å². The second-order valence-electron chi connectivity index (χ2n) is 5.42. The quantitative estimate of drug-likeness (QED) is 0.739. The number of ketones is 1. The maximum atomic E-state index is 11.9. The van der Waals surface area contributed by atoms with Crippen LogP contribution in [0, 0.1) is 11.8 Å². The third-order valence-electron chi connectivity index (χ3n) is 3.71. The van der Waals surface area contributed by atoms with E-state index in [2.05, 4.69) is 10.2 Å². The molecule has 5 nitrogen and oxygen atoms in total. The highest BCUT2D eigenvalue weighted by Gasteiger charge is 2.21. The number of nitrogens with zero attached hydrogens (tertiary/aromatic N) is 1. The number of rotatable bonds is 7. The van der Waals surface area contributed by atoms with Gasteiger partial charge < -0.3 is 14.8 Å². The Balaban J connectivity index is 2.20. The Hall–Kier alpha value is -0.940. The zero-order valence-corrected chi connectivity index (χ0v) is 12.3. The Bertz CT molecular complexity index is 301. The monoisotopic (exact) mass is 270 g/mol. The van der Waals surface area contributed by atoms with Crippen molar-refractivity contribution >= 4 is 11.7 Å². The fraction of sp³-hybridized carbons (Fsp3) is 0.857. The van der Waals surface area contributed by atoms with Crippen LogP contribution in [-0.4, -0.2) is 56.0 Å². The van der Waals surface area contributed by atoms with E-state index >= 15 is 0 Å². The molecule has 1 aliphatic heterocycles. The topological polar surface area (TPSA) is 58.6 Å². The summed E-state index contributed by atoms with van der Waals surface area (Å²) in [4.78, 5) is 25.3. The molecule has 1 saturated heterocycles. The van der Waals surface area contributed by atoms with Gasteiger partial charge >= 0.3 is 0 Å². The van der Waals surface area contributed by atoms with Crippen molar-refractivity contribution in [2.75, 3.05) is 39.4 Å². The molecule has 2 unspecified atom stereocenters. The van der Waals surface area contributed by atoms with Gasteiger partial charge in [-0.25, -0.2) is 0 Å². The summed E-state index contributed by atoms with van der Waals surface area (Å²) in [5.41, 5.74) is 0. The molecular weight excluding hydrogens is 244 g/mol. The molecule has 1 fully saturated rings. The van der Waals surface area contributed by atoms with Crippen LogP contribution in [0.1, 0.15) is 27.2 Å². The van der Waals surface area contributed by atoms with Crippen molar-refractivity contribution in [2.24, 2.45) is 11.8 Å². The first kappa shape index (κ1) is 16.1. The first-order valence-electron chi connectivity index (χ1n) is 7.08. The fourth-order valence-electron chi connectivity index (χ4n) is 2.21. The van der Waals surface area contributed by atoms with Gasteiger partial charge in [-0.1, -0.05) is 13.8 Å². The van der Waals surface area contributed by atoms with Crippen molar-refractivity contribution < 1.29 is 14.3 Å². The van der Waals surface area contributed by atoms with Gasteiger partial charge in [-0.2, -0.15) is 0 Å². The molecule has 0 aromatic carbocycles. The summed E-state index contributed by atoms with van der Waals surface area (Å²) >= 11 is 0. The number of morpholine rings is 1. The van der Waals surface area contributed by atoms with Crippen molar-refractivity contribution in [3.05, 3.63) is 0 Å². The molecule has 1 N–H and O–H groups in total. The maximum absolute atomic E-state index is 11.9. The number of ether oxygens (including phenoxy) is 1. The Labute approximate surface area is 115 Å². The minimum absolute atomic E-state index is 0.0435. The Morgan fingerprint density at radius 2 is 1.89 bits per heavy atom. The number of carbonyl (C=O) groups excluding carboxylic acids is 2. The van der Waals surface area contributed by atoms with Crippen LogP contribution in [0.2, 0.25) is 0 Å². The smallest absolute Gasteiger partial charge is 0.223 e. The lowest BCUT2D eigenvalue weighted by atomic mass is 9.91. The highest BCUT2D eigenvalue weighted by Crippen LogP contribution is 2.15. The predicted octanol–water partition coefficient (Wildman–Crippen LogP) is 0.686. The van der Waals surface area contributed by atoms with Crippen molar-refractivity contribution in [3.8, 4) is 0 Å². The van der Waals surface area contributed by atoms with Gasteiger partial charge in [0.1, 0.15) is 5.78 Å². The molecular formula is C14H26N2O3. The first-order valence-corrected chi connectivity index (χ1v) is 7.08. The summed E-state index contributed by atoms with van der Waals surface area (Å²) in [5.74, 6) is 0.164. The summed E-state index contributed by atoms with van der Waals surface area (Å²) < 4.78 is 5.27. The molecule has 5 heteroatoms. The van der Waals surface area contributed by atoms with Crippen molar-refractivity contribution in [1.82, 2.24) is 10.2 Å². The summed E-state index contributed by atoms with van der Waals surface area (Å²) in [6, 6.07) is 0. The lowest BCUT2D eigenvalue weighted by molar-refractivity contribution is -0.126. The van der Waals surface area contributed by atoms with Gasteiger partial charge in [0.05, 0.1) is 13.2 Å². The summed E-state index contributed by atoms with van der Waals surface area (Å²) in [6.45, 7) is 10.4. The standard InChI is InChI=1S/C14H26N2O3/c1-11(10-12(2)17)13(3)14(18)15-4-5-16-6-8-19-9-7-16/h11,13H,4-10H2,1-3H3,(H,15,18). The summed E-state index contributed by atoms with van der Waals surface area (Å²) in [6.07, 6.45) is 0.470. The van der Waals surface area contributed by atoms with Crippen LogP contribution < -0.4 is 5.32 Å². The molecule has 0 spiro atoms. The molecule has 110 valence electrons. The van der Waals surface area contributed by atoms with Gasteiger partial charge in [-0.15, -0.1) is 0 Å². The number of amides is 1. The van der Waals surface area contributed by atoms with Gasteiger partial charge in [0, 0.05) is 38.5 Å². The zero-order valence-electron chi connectivity index (χ0n) is 12.3. The SMILES string of the molecule is CC(=O)CC(C)C(C)C(=O)NCCN1CCOCC1. The molecule has 0 aromatic heterocycles. The molecule has 2 atom stereocenters. The van der Waals surface area contributed by atoms with E-state index in [-0.39, 0.29) is 23.5 Å². The van der Waals surface area contributed by atoms with E-state index in [1.807, 2.05) is 13.8 Å². The highest BCUT2D eigenvalue weighted by molar-refractivity contribution is 5.80. The molecule has 0 aromatic rings. The molecule has 1 rings (SSSR count). The van der Waals surface area contributed by atoms with Crippen molar-refractivity contribution in [3.63, 3.8) is 0 Å². The number of carbonyl (C=O) groups is 2. The van der Waals surface area contributed by atoms with Crippen LogP contribution in [0.4, 0.5) is 0 Å². The molecule has 0 saturated carbocycles. The number of hydrogen-bond acceptors (Lipinski definition) is 4. The Morgan fingerprint density at radius 1 is 1.26 bits per heavy atom. The molecule has 0 aliphatic carbocycles. The minimum atomic E-state index is -0.117. The highest BCUT2D eigenvalue weighted by atomic mass is 16.5. The van der Waals surface area contributed by atoms with Gasteiger partial charge in [0.2, 0.25) is 5.91 Å². The number of Topliss-reactive ketones (excluding diaryl/α,β-unsaturated/α-hetero) is 1. The molecule has 0 bridgehead atoms.